The molecule has 0 unspecified atom stereocenters. The van der Waals surface area contributed by atoms with E-state index in [2.05, 4.69) is 10.1 Å². The minimum absolute atomic E-state index is 0.0937. The summed E-state index contributed by atoms with van der Waals surface area (Å²) in [5, 5.41) is 12.9. The topological polar surface area (TPSA) is 116 Å². The lowest BCUT2D eigenvalue weighted by Gasteiger charge is -2.22. The highest BCUT2D eigenvalue weighted by atomic mass is 32.2. The van der Waals surface area contributed by atoms with Gasteiger partial charge in [0.05, 0.1) is 5.69 Å². The van der Waals surface area contributed by atoms with Crippen molar-refractivity contribution < 1.29 is 45.2 Å². The number of hydrogen-bond donors (Lipinski definition) is 3. The minimum atomic E-state index is -4.96. The maximum absolute atomic E-state index is 13.3. The molecule has 8 nitrogen and oxygen atoms in total. The highest BCUT2D eigenvalue weighted by molar-refractivity contribution is 7.98. The molecular formula is C27H20F4N2O6S2. The van der Waals surface area contributed by atoms with E-state index in [9.17, 15) is 40.4 Å². The first-order chi connectivity index (χ1) is 19.3. The van der Waals surface area contributed by atoms with Gasteiger partial charge in [0.2, 0.25) is 0 Å². The van der Waals surface area contributed by atoms with Gasteiger partial charge in [-0.3, -0.25) is 9.35 Å². The molecule has 0 fully saturated rings. The summed E-state index contributed by atoms with van der Waals surface area (Å²) in [6, 6.07) is 19.6. The number of ether oxygens (including phenoxy) is 1. The molecule has 4 aromatic rings. The van der Waals surface area contributed by atoms with Crippen molar-refractivity contribution in [2.75, 3.05) is 9.62 Å². The SMILES string of the molecule is O=C(Nc1ccc(O)c(N(c2ccc(F)cc2)S(=O)(=O)O)c1)c1ccc(CSc2ccc(OC(F)(F)F)cc2)cc1. The first-order valence-electron chi connectivity index (χ1n) is 11.5. The number of carbonyl (C=O) groups is 1. The van der Waals surface area contributed by atoms with E-state index in [0.717, 1.165) is 42.0 Å². The molecule has 4 aromatic carbocycles. The minimum Gasteiger partial charge on any atom is -0.506 e. The molecule has 0 saturated carbocycles. The van der Waals surface area contributed by atoms with Crippen LogP contribution in [0.1, 0.15) is 15.9 Å². The van der Waals surface area contributed by atoms with Crippen LogP contribution in [0.4, 0.5) is 34.6 Å². The maximum atomic E-state index is 13.3. The van der Waals surface area contributed by atoms with Crippen LogP contribution in [0.5, 0.6) is 11.5 Å². The zero-order valence-electron chi connectivity index (χ0n) is 20.7. The van der Waals surface area contributed by atoms with Crippen LogP contribution in [0.3, 0.4) is 0 Å². The Morgan fingerprint density at radius 1 is 0.927 bits per heavy atom. The summed E-state index contributed by atoms with van der Waals surface area (Å²) < 4.78 is 88.5. The molecule has 0 bridgehead atoms. The largest absolute Gasteiger partial charge is 0.573 e. The van der Waals surface area contributed by atoms with Crippen LogP contribution in [0.25, 0.3) is 0 Å². The van der Waals surface area contributed by atoms with Crippen molar-refractivity contribution >= 4 is 45.0 Å². The number of amides is 1. The standard InChI is InChI=1S/C27H20F4N2O6S2/c28-19-5-8-21(9-6-19)33(41(36,37)38)24-15-20(7-14-25(24)34)32-26(35)18-3-1-17(2-4-18)16-40-23-12-10-22(11-13-23)39-27(29,30)31/h1-15,34H,16H2,(H,32,35)(H,36,37,38). The molecule has 0 atom stereocenters. The van der Waals surface area contributed by atoms with E-state index in [0.29, 0.717) is 15.0 Å². The lowest BCUT2D eigenvalue weighted by molar-refractivity contribution is -0.274. The van der Waals surface area contributed by atoms with Gasteiger partial charge in [-0.05, 0) is 84.4 Å². The number of halogens is 4. The number of alkyl halides is 3. The van der Waals surface area contributed by atoms with Crippen molar-refractivity contribution in [1.29, 1.82) is 0 Å². The Labute approximate surface area is 236 Å². The number of hydrogen-bond acceptors (Lipinski definition) is 6. The van der Waals surface area contributed by atoms with Crippen LogP contribution in [0, 0.1) is 5.82 Å². The molecule has 0 aliphatic rings. The number of phenols is 1. The number of rotatable bonds is 9. The Morgan fingerprint density at radius 3 is 2.15 bits per heavy atom. The summed E-state index contributed by atoms with van der Waals surface area (Å²) in [5.74, 6) is -1.58. The third kappa shape index (κ3) is 8.13. The fourth-order valence-electron chi connectivity index (χ4n) is 3.60. The fourth-order valence-corrected chi connectivity index (χ4v) is 5.23. The number of anilines is 3. The molecule has 0 radical (unpaired) electrons. The van der Waals surface area contributed by atoms with E-state index in [4.69, 9.17) is 0 Å². The van der Waals surface area contributed by atoms with Crippen molar-refractivity contribution in [1.82, 2.24) is 0 Å². The fraction of sp³-hybridized carbons (Fsp3) is 0.0741. The molecule has 214 valence electrons. The monoisotopic (exact) mass is 608 g/mol. The normalized spacial score (nSPS) is 11.6. The maximum Gasteiger partial charge on any atom is 0.573 e. The van der Waals surface area contributed by atoms with E-state index < -0.39 is 34.1 Å². The van der Waals surface area contributed by atoms with Crippen molar-refractivity contribution in [2.24, 2.45) is 0 Å². The predicted molar refractivity (Wildman–Crippen MR) is 145 cm³/mol. The molecule has 0 spiro atoms. The van der Waals surface area contributed by atoms with Gasteiger partial charge in [0.15, 0.2) is 0 Å². The quantitative estimate of drug-likeness (QED) is 0.0818. The van der Waals surface area contributed by atoms with Gasteiger partial charge in [-0.25, -0.2) is 8.70 Å². The predicted octanol–water partition coefficient (Wildman–Crippen LogP) is 6.92. The van der Waals surface area contributed by atoms with Gasteiger partial charge < -0.3 is 15.2 Å². The van der Waals surface area contributed by atoms with Crippen molar-refractivity contribution in [3.63, 3.8) is 0 Å². The second-order valence-electron chi connectivity index (χ2n) is 8.38. The molecule has 0 aliphatic carbocycles. The van der Waals surface area contributed by atoms with Gasteiger partial charge in [-0.2, -0.15) is 8.42 Å². The number of benzene rings is 4. The van der Waals surface area contributed by atoms with Crippen LogP contribution < -0.4 is 14.4 Å². The molecule has 4 rings (SSSR count). The molecule has 0 saturated heterocycles. The van der Waals surface area contributed by atoms with Gasteiger partial charge >= 0.3 is 16.7 Å². The number of phenolic OH excluding ortho intramolecular Hbond substituents is 1. The van der Waals surface area contributed by atoms with Crippen LogP contribution in [0.2, 0.25) is 0 Å². The van der Waals surface area contributed by atoms with Crippen molar-refractivity contribution in [3.05, 3.63) is 108 Å². The summed E-state index contributed by atoms with van der Waals surface area (Å²) in [6.07, 6.45) is -4.77. The Kier molecular flexibility index (Phi) is 8.75. The average molecular weight is 609 g/mol. The molecule has 0 heterocycles. The van der Waals surface area contributed by atoms with Crippen molar-refractivity contribution in [3.8, 4) is 11.5 Å². The van der Waals surface area contributed by atoms with Crippen LogP contribution >= 0.6 is 11.8 Å². The molecule has 14 heteroatoms. The first-order valence-corrected chi connectivity index (χ1v) is 13.9. The van der Waals surface area contributed by atoms with Gasteiger partial charge in [-0.1, -0.05) is 12.1 Å². The second-order valence-corrected chi connectivity index (χ2v) is 10.7. The summed E-state index contributed by atoms with van der Waals surface area (Å²) in [7, 11) is -4.96. The molecule has 3 N–H and O–H groups in total. The highest BCUT2D eigenvalue weighted by Crippen LogP contribution is 2.37. The zero-order chi connectivity index (χ0) is 29.8. The number of aromatic hydroxyl groups is 1. The molecule has 0 aliphatic heterocycles. The third-order valence-corrected chi connectivity index (χ3v) is 7.38. The first kappa shape index (κ1) is 29.7. The Morgan fingerprint density at radius 2 is 1.56 bits per heavy atom. The smallest absolute Gasteiger partial charge is 0.506 e. The summed E-state index contributed by atoms with van der Waals surface area (Å²) in [6.45, 7) is 0. The lowest BCUT2D eigenvalue weighted by Crippen LogP contribution is -2.25. The molecular weight excluding hydrogens is 588 g/mol. The molecule has 41 heavy (non-hydrogen) atoms. The van der Waals surface area contributed by atoms with E-state index in [1.54, 1.807) is 24.3 Å². The summed E-state index contributed by atoms with van der Waals surface area (Å²) in [4.78, 5) is 13.5. The zero-order valence-corrected chi connectivity index (χ0v) is 22.3. The summed E-state index contributed by atoms with van der Waals surface area (Å²) >= 11 is 1.37. The number of carbonyl (C=O) groups excluding carboxylic acids is 1. The average Bonchev–Trinajstić information content (AvgIpc) is 2.90. The van der Waals surface area contributed by atoms with Gasteiger partial charge in [0, 0.05) is 21.9 Å². The van der Waals surface area contributed by atoms with Crippen LogP contribution in [-0.4, -0.2) is 30.3 Å². The number of nitrogens with zero attached hydrogens (tertiary/aromatic N) is 1. The van der Waals surface area contributed by atoms with E-state index in [1.807, 2.05) is 0 Å². The highest BCUT2D eigenvalue weighted by Gasteiger charge is 2.31. The van der Waals surface area contributed by atoms with Gasteiger partial charge in [0.25, 0.3) is 5.91 Å². The molecule has 1 amide bonds. The summed E-state index contributed by atoms with van der Waals surface area (Å²) in [5.41, 5.74) is 0.634. The Balaban J connectivity index is 1.43. The number of thioether (sulfide) groups is 1. The van der Waals surface area contributed by atoms with Gasteiger partial charge in [0.1, 0.15) is 23.0 Å². The molecule has 0 aromatic heterocycles. The van der Waals surface area contributed by atoms with E-state index in [-0.39, 0.29) is 28.4 Å². The van der Waals surface area contributed by atoms with Crippen LogP contribution in [0.15, 0.2) is 95.9 Å². The number of nitrogens with one attached hydrogen (secondary N) is 1. The Hall–Kier alpha value is -4.27. The van der Waals surface area contributed by atoms with E-state index >= 15 is 0 Å². The van der Waals surface area contributed by atoms with Gasteiger partial charge in [-0.15, -0.1) is 24.9 Å². The van der Waals surface area contributed by atoms with E-state index in [1.165, 1.54) is 42.1 Å². The second kappa shape index (κ2) is 12.1. The van der Waals surface area contributed by atoms with Crippen LogP contribution in [-0.2, 0) is 16.1 Å². The Bertz CT molecular complexity index is 1630. The third-order valence-electron chi connectivity index (χ3n) is 5.42. The van der Waals surface area contributed by atoms with Crippen molar-refractivity contribution in [2.45, 2.75) is 17.0 Å². The lowest BCUT2D eigenvalue weighted by atomic mass is 10.1.